The molecule has 0 aliphatic rings. The van der Waals surface area contributed by atoms with Gasteiger partial charge >= 0.3 is 0 Å². The fraction of sp³-hybridized carbons (Fsp3) is 0.200. The topological polar surface area (TPSA) is 84.7 Å². The van der Waals surface area contributed by atoms with Gasteiger partial charge in [0.2, 0.25) is 5.91 Å². The molecule has 0 radical (unpaired) electrons. The number of hydrogen-bond donors (Lipinski definition) is 2. The molecule has 2 heterocycles. The molecular weight excluding hydrogens is 280 g/mol. The van der Waals surface area contributed by atoms with Crippen molar-refractivity contribution in [1.82, 2.24) is 25.2 Å². The van der Waals surface area contributed by atoms with Gasteiger partial charge in [0.1, 0.15) is 6.33 Å². The van der Waals surface area contributed by atoms with E-state index < -0.39 is 0 Å². The Labute approximate surface area is 127 Å². The maximum absolute atomic E-state index is 11.5. The highest BCUT2D eigenvalue weighted by atomic mass is 16.2. The van der Waals surface area contributed by atoms with Crippen molar-refractivity contribution in [2.75, 3.05) is 5.43 Å². The SMILES string of the molecule is CCCC(=O)NNc1ncnc2c1cnn2-c1ccccc1. The van der Waals surface area contributed by atoms with Crippen molar-refractivity contribution in [2.24, 2.45) is 0 Å². The molecule has 7 heteroatoms. The Morgan fingerprint density at radius 1 is 1.23 bits per heavy atom. The van der Waals surface area contributed by atoms with Crippen LogP contribution in [-0.4, -0.2) is 25.7 Å². The van der Waals surface area contributed by atoms with Gasteiger partial charge in [-0.25, -0.2) is 14.6 Å². The maximum Gasteiger partial charge on any atom is 0.238 e. The van der Waals surface area contributed by atoms with E-state index in [-0.39, 0.29) is 5.91 Å². The summed E-state index contributed by atoms with van der Waals surface area (Å²) in [5.41, 5.74) is 7.05. The van der Waals surface area contributed by atoms with Crippen LogP contribution in [0.5, 0.6) is 0 Å². The fourth-order valence-electron chi connectivity index (χ4n) is 2.12. The van der Waals surface area contributed by atoms with Crippen LogP contribution in [0.4, 0.5) is 5.82 Å². The van der Waals surface area contributed by atoms with Crippen molar-refractivity contribution >= 4 is 22.8 Å². The lowest BCUT2D eigenvalue weighted by atomic mass is 10.3. The molecule has 0 fully saturated rings. The Kier molecular flexibility index (Phi) is 3.95. The third-order valence-corrected chi connectivity index (χ3v) is 3.16. The van der Waals surface area contributed by atoms with Crippen LogP contribution in [0.25, 0.3) is 16.7 Å². The molecule has 0 spiro atoms. The van der Waals surface area contributed by atoms with E-state index in [0.717, 1.165) is 17.5 Å². The van der Waals surface area contributed by atoms with Gasteiger partial charge in [0.15, 0.2) is 11.5 Å². The molecule has 0 unspecified atom stereocenters. The van der Waals surface area contributed by atoms with Crippen LogP contribution < -0.4 is 10.9 Å². The predicted octanol–water partition coefficient (Wildman–Crippen LogP) is 2.06. The van der Waals surface area contributed by atoms with E-state index in [0.29, 0.717) is 17.9 Å². The predicted molar refractivity (Wildman–Crippen MR) is 83.3 cm³/mol. The highest BCUT2D eigenvalue weighted by Gasteiger charge is 2.11. The number of nitrogens with one attached hydrogen (secondary N) is 2. The Bertz CT molecular complexity index is 783. The zero-order valence-electron chi connectivity index (χ0n) is 12.2. The van der Waals surface area contributed by atoms with E-state index in [1.54, 1.807) is 10.9 Å². The Morgan fingerprint density at radius 2 is 2.05 bits per heavy atom. The number of rotatable bonds is 5. The van der Waals surface area contributed by atoms with Crippen LogP contribution in [0.15, 0.2) is 42.9 Å². The van der Waals surface area contributed by atoms with Gasteiger partial charge < -0.3 is 0 Å². The van der Waals surface area contributed by atoms with E-state index >= 15 is 0 Å². The minimum absolute atomic E-state index is 0.0790. The molecule has 2 N–H and O–H groups in total. The lowest BCUT2D eigenvalue weighted by molar-refractivity contribution is -0.120. The second kappa shape index (κ2) is 6.21. The Balaban J connectivity index is 1.91. The molecule has 0 saturated carbocycles. The number of fused-ring (bicyclic) bond motifs is 1. The number of benzene rings is 1. The summed E-state index contributed by atoms with van der Waals surface area (Å²) >= 11 is 0. The molecule has 2 aromatic heterocycles. The minimum Gasteiger partial charge on any atom is -0.281 e. The summed E-state index contributed by atoms with van der Waals surface area (Å²) in [6.45, 7) is 1.95. The molecule has 1 amide bonds. The molecule has 22 heavy (non-hydrogen) atoms. The van der Waals surface area contributed by atoms with E-state index in [9.17, 15) is 4.79 Å². The van der Waals surface area contributed by atoms with E-state index in [2.05, 4.69) is 25.9 Å². The molecule has 3 aromatic rings. The fourth-order valence-corrected chi connectivity index (χ4v) is 2.12. The molecule has 0 saturated heterocycles. The standard InChI is InChI=1S/C15H16N6O/c1-2-6-13(22)19-20-14-12-9-18-21(15(12)17-10-16-14)11-7-4-3-5-8-11/h3-5,7-10H,2,6H2,1H3,(H,19,22)(H,16,17,20). The summed E-state index contributed by atoms with van der Waals surface area (Å²) in [6, 6.07) is 9.72. The number of carbonyl (C=O) groups is 1. The molecule has 7 nitrogen and oxygen atoms in total. The van der Waals surface area contributed by atoms with Crippen LogP contribution in [-0.2, 0) is 4.79 Å². The highest BCUT2D eigenvalue weighted by molar-refractivity contribution is 5.88. The maximum atomic E-state index is 11.5. The third kappa shape index (κ3) is 2.73. The molecule has 0 atom stereocenters. The number of aromatic nitrogens is 4. The average molecular weight is 296 g/mol. The number of hydrogen-bond acceptors (Lipinski definition) is 5. The van der Waals surface area contributed by atoms with Crippen LogP contribution in [0, 0.1) is 0 Å². The van der Waals surface area contributed by atoms with Crippen molar-refractivity contribution in [3.63, 3.8) is 0 Å². The van der Waals surface area contributed by atoms with Gasteiger partial charge in [-0.15, -0.1) is 0 Å². The second-order valence-corrected chi connectivity index (χ2v) is 4.77. The minimum atomic E-state index is -0.0790. The van der Waals surface area contributed by atoms with Gasteiger partial charge in [-0.05, 0) is 18.6 Å². The number of para-hydroxylation sites is 1. The molecule has 3 rings (SSSR count). The van der Waals surface area contributed by atoms with Gasteiger partial charge in [0.05, 0.1) is 17.3 Å². The summed E-state index contributed by atoms with van der Waals surface area (Å²) in [7, 11) is 0. The van der Waals surface area contributed by atoms with Crippen LogP contribution in [0.2, 0.25) is 0 Å². The zero-order chi connectivity index (χ0) is 15.4. The van der Waals surface area contributed by atoms with Gasteiger partial charge in [0.25, 0.3) is 0 Å². The number of anilines is 1. The first kappa shape index (κ1) is 14.0. The quantitative estimate of drug-likeness (QED) is 0.704. The first-order chi connectivity index (χ1) is 10.8. The Morgan fingerprint density at radius 3 is 2.82 bits per heavy atom. The van der Waals surface area contributed by atoms with E-state index in [1.807, 2.05) is 37.3 Å². The lowest BCUT2D eigenvalue weighted by Crippen LogP contribution is -2.29. The first-order valence-corrected chi connectivity index (χ1v) is 7.08. The largest absolute Gasteiger partial charge is 0.281 e. The molecular formula is C15H16N6O. The summed E-state index contributed by atoms with van der Waals surface area (Å²) < 4.78 is 1.73. The van der Waals surface area contributed by atoms with Crippen LogP contribution in [0.1, 0.15) is 19.8 Å². The molecule has 112 valence electrons. The average Bonchev–Trinajstić information content (AvgIpc) is 2.98. The van der Waals surface area contributed by atoms with Crippen molar-refractivity contribution in [3.05, 3.63) is 42.9 Å². The van der Waals surface area contributed by atoms with E-state index in [1.165, 1.54) is 6.33 Å². The summed E-state index contributed by atoms with van der Waals surface area (Å²) in [4.78, 5) is 20.0. The zero-order valence-corrected chi connectivity index (χ0v) is 12.2. The number of nitrogens with zero attached hydrogens (tertiary/aromatic N) is 4. The number of carbonyl (C=O) groups excluding carboxylic acids is 1. The van der Waals surface area contributed by atoms with Crippen molar-refractivity contribution in [2.45, 2.75) is 19.8 Å². The van der Waals surface area contributed by atoms with Crippen molar-refractivity contribution in [1.29, 1.82) is 0 Å². The van der Waals surface area contributed by atoms with Crippen molar-refractivity contribution < 1.29 is 4.79 Å². The smallest absolute Gasteiger partial charge is 0.238 e. The first-order valence-electron chi connectivity index (χ1n) is 7.08. The van der Waals surface area contributed by atoms with Crippen LogP contribution in [0.3, 0.4) is 0 Å². The molecule has 0 bridgehead atoms. The summed E-state index contributed by atoms with van der Waals surface area (Å²) in [6.07, 6.45) is 4.37. The number of hydrazine groups is 1. The van der Waals surface area contributed by atoms with Gasteiger partial charge in [-0.3, -0.25) is 15.6 Å². The summed E-state index contributed by atoms with van der Waals surface area (Å²) in [5, 5.41) is 5.09. The summed E-state index contributed by atoms with van der Waals surface area (Å²) in [5.74, 6) is 0.446. The second-order valence-electron chi connectivity index (χ2n) is 4.77. The van der Waals surface area contributed by atoms with Crippen LogP contribution >= 0.6 is 0 Å². The van der Waals surface area contributed by atoms with Gasteiger partial charge in [0, 0.05) is 6.42 Å². The lowest BCUT2D eigenvalue weighted by Gasteiger charge is -2.08. The monoisotopic (exact) mass is 296 g/mol. The normalized spacial score (nSPS) is 10.6. The highest BCUT2D eigenvalue weighted by Crippen LogP contribution is 2.20. The molecule has 1 aromatic carbocycles. The van der Waals surface area contributed by atoms with Gasteiger partial charge in [-0.2, -0.15) is 5.10 Å². The molecule has 0 aliphatic carbocycles. The third-order valence-electron chi connectivity index (χ3n) is 3.16. The van der Waals surface area contributed by atoms with E-state index in [4.69, 9.17) is 0 Å². The Hall–Kier alpha value is -2.96. The molecule has 0 aliphatic heterocycles. The number of amides is 1. The van der Waals surface area contributed by atoms with Crippen molar-refractivity contribution in [3.8, 4) is 5.69 Å². The van der Waals surface area contributed by atoms with Gasteiger partial charge in [-0.1, -0.05) is 25.1 Å².